The first-order valence-electron chi connectivity index (χ1n) is 11.7. The van der Waals surface area contributed by atoms with Gasteiger partial charge in [-0.15, -0.1) is 10.2 Å². The highest BCUT2D eigenvalue weighted by molar-refractivity contribution is 7.91. The smallest absolute Gasteiger partial charge is 0.167 e. The van der Waals surface area contributed by atoms with Crippen LogP contribution in [0.25, 0.3) is 5.69 Å². The van der Waals surface area contributed by atoms with Gasteiger partial charge in [0.15, 0.2) is 27.3 Å². The van der Waals surface area contributed by atoms with E-state index in [0.717, 1.165) is 24.8 Å². The van der Waals surface area contributed by atoms with Crippen molar-refractivity contribution in [2.75, 3.05) is 20.8 Å². The van der Waals surface area contributed by atoms with Gasteiger partial charge in [0, 0.05) is 19.0 Å². The largest absolute Gasteiger partial charge is 0.494 e. The number of aliphatic hydroxyl groups excluding tert-OH is 1. The van der Waals surface area contributed by atoms with Crippen molar-refractivity contribution in [1.82, 2.24) is 24.7 Å². The zero-order valence-electron chi connectivity index (χ0n) is 20.8. The maximum Gasteiger partial charge on any atom is 0.167 e. The average Bonchev–Trinajstić information content (AvgIpc) is 3.30. The number of methoxy groups -OCH3 is 2. The number of aliphatic hydroxyl groups is 1. The molecule has 0 amide bonds. The fraction of sp³-hybridized carbons (Fsp3) is 0.500. The summed E-state index contributed by atoms with van der Waals surface area (Å²) >= 11 is 0. The van der Waals surface area contributed by atoms with Gasteiger partial charge in [-0.1, -0.05) is 6.07 Å². The van der Waals surface area contributed by atoms with Gasteiger partial charge < -0.3 is 19.3 Å². The number of hydrogen-bond acceptors (Lipinski definition) is 10. The maximum absolute atomic E-state index is 13.5. The second-order valence-corrected chi connectivity index (χ2v) is 11.1. The van der Waals surface area contributed by atoms with Crippen molar-refractivity contribution in [3.63, 3.8) is 0 Å². The van der Waals surface area contributed by atoms with Crippen LogP contribution in [-0.2, 0) is 20.3 Å². The van der Waals surface area contributed by atoms with Gasteiger partial charge in [0.25, 0.3) is 0 Å². The normalized spacial score (nSPS) is 18.0. The van der Waals surface area contributed by atoms with E-state index < -0.39 is 26.9 Å². The summed E-state index contributed by atoms with van der Waals surface area (Å²) < 4.78 is 45.7. The second kappa shape index (κ2) is 10.9. The molecule has 1 aromatic carbocycles. The predicted molar refractivity (Wildman–Crippen MR) is 131 cm³/mol. The lowest BCUT2D eigenvalue weighted by Gasteiger charge is -2.24. The Balaban J connectivity index is 1.77. The van der Waals surface area contributed by atoms with Crippen LogP contribution in [0.3, 0.4) is 0 Å². The molecule has 1 N–H and O–H groups in total. The molecule has 1 fully saturated rings. The van der Waals surface area contributed by atoms with Gasteiger partial charge in [-0.2, -0.15) is 0 Å². The van der Waals surface area contributed by atoms with Crippen molar-refractivity contribution in [2.24, 2.45) is 0 Å². The lowest BCUT2D eigenvalue weighted by atomic mass is 10.1. The number of nitrogens with zero attached hydrogens (tertiary/aromatic N) is 5. The molecule has 3 aromatic rings. The Hall–Kier alpha value is -3.09. The van der Waals surface area contributed by atoms with Crippen LogP contribution in [0.2, 0.25) is 0 Å². The number of ether oxygens (including phenoxy) is 3. The second-order valence-electron chi connectivity index (χ2n) is 8.75. The Kier molecular flexibility index (Phi) is 7.86. The molecule has 0 radical (unpaired) electrons. The van der Waals surface area contributed by atoms with Crippen LogP contribution in [0, 0.1) is 6.92 Å². The number of benzene rings is 1. The molecule has 4 rings (SSSR count). The molecular weight excluding hydrogens is 486 g/mol. The number of hydrogen-bond donors (Lipinski definition) is 1. The fourth-order valence-corrected chi connectivity index (χ4v) is 5.47. The molecule has 0 bridgehead atoms. The summed E-state index contributed by atoms with van der Waals surface area (Å²) in [7, 11) is -0.886. The molecule has 0 saturated carbocycles. The molecule has 1 saturated heterocycles. The van der Waals surface area contributed by atoms with Gasteiger partial charge in [-0.25, -0.2) is 18.4 Å². The summed E-state index contributed by atoms with van der Waals surface area (Å²) in [5, 5.41) is 18.2. The molecule has 194 valence electrons. The Morgan fingerprint density at radius 1 is 1.14 bits per heavy atom. The summed E-state index contributed by atoms with van der Waals surface area (Å²) in [5.41, 5.74) is 1.29. The lowest BCUT2D eigenvalue weighted by molar-refractivity contribution is 0.00828. The first-order chi connectivity index (χ1) is 17.3. The van der Waals surface area contributed by atoms with Crippen molar-refractivity contribution in [3.8, 4) is 17.2 Å². The van der Waals surface area contributed by atoms with E-state index in [1.54, 1.807) is 22.8 Å². The van der Waals surface area contributed by atoms with E-state index in [9.17, 15) is 13.5 Å². The van der Waals surface area contributed by atoms with Crippen LogP contribution in [0.1, 0.15) is 61.4 Å². The van der Waals surface area contributed by atoms with Crippen molar-refractivity contribution in [1.29, 1.82) is 0 Å². The topological polar surface area (TPSA) is 139 Å². The van der Waals surface area contributed by atoms with Gasteiger partial charge in [0.1, 0.15) is 35.1 Å². The first kappa shape index (κ1) is 26.0. The number of para-hydroxylation sites is 1. The Labute approximate surface area is 210 Å². The molecule has 1 aliphatic heterocycles. The molecule has 0 spiro atoms. The average molecular weight is 518 g/mol. The summed E-state index contributed by atoms with van der Waals surface area (Å²) in [6, 6.07) is 5.28. The quantitative estimate of drug-likeness (QED) is 0.451. The summed E-state index contributed by atoms with van der Waals surface area (Å²) in [6.07, 6.45) is 3.92. The number of aromatic nitrogens is 5. The lowest BCUT2D eigenvalue weighted by Crippen LogP contribution is -2.29. The predicted octanol–water partition coefficient (Wildman–Crippen LogP) is 2.66. The van der Waals surface area contributed by atoms with Gasteiger partial charge in [0.05, 0.1) is 19.5 Å². The molecule has 0 unspecified atom stereocenters. The van der Waals surface area contributed by atoms with Crippen molar-refractivity contribution < 1.29 is 27.7 Å². The Morgan fingerprint density at radius 2 is 1.81 bits per heavy atom. The summed E-state index contributed by atoms with van der Waals surface area (Å²) in [5.74, 6) is 1.11. The van der Waals surface area contributed by atoms with E-state index >= 15 is 0 Å². The molecule has 2 aromatic heterocycles. The zero-order valence-corrected chi connectivity index (χ0v) is 21.6. The van der Waals surface area contributed by atoms with Crippen LogP contribution in [0.15, 0.2) is 30.6 Å². The highest BCUT2D eigenvalue weighted by atomic mass is 32.2. The third kappa shape index (κ3) is 5.20. The molecular formula is C24H31N5O6S. The summed E-state index contributed by atoms with van der Waals surface area (Å²) in [6.45, 7) is 3.82. The molecule has 1 aliphatic rings. The molecule has 3 heterocycles. The minimum absolute atomic E-state index is 0.0424. The molecule has 0 aliphatic carbocycles. The van der Waals surface area contributed by atoms with E-state index in [1.165, 1.54) is 33.5 Å². The van der Waals surface area contributed by atoms with Crippen LogP contribution in [-0.4, -0.2) is 64.3 Å². The highest BCUT2D eigenvalue weighted by Crippen LogP contribution is 2.38. The van der Waals surface area contributed by atoms with Crippen LogP contribution in [0.4, 0.5) is 0 Å². The number of aryl methyl sites for hydroxylation is 1. The van der Waals surface area contributed by atoms with Gasteiger partial charge >= 0.3 is 0 Å². The molecule has 3 atom stereocenters. The molecule has 12 heteroatoms. The minimum atomic E-state index is -3.93. The van der Waals surface area contributed by atoms with E-state index in [0.29, 0.717) is 29.6 Å². The molecule has 11 nitrogen and oxygen atoms in total. The third-order valence-corrected chi connectivity index (χ3v) is 8.31. The highest BCUT2D eigenvalue weighted by Gasteiger charge is 2.35. The van der Waals surface area contributed by atoms with Crippen molar-refractivity contribution in [2.45, 2.75) is 56.3 Å². The van der Waals surface area contributed by atoms with Gasteiger partial charge in [-0.3, -0.25) is 4.57 Å². The number of sulfone groups is 1. The van der Waals surface area contributed by atoms with Crippen molar-refractivity contribution >= 4 is 9.84 Å². The fourth-order valence-electron chi connectivity index (χ4n) is 4.15. The van der Waals surface area contributed by atoms with Crippen LogP contribution in [0.5, 0.6) is 11.5 Å². The zero-order chi connectivity index (χ0) is 25.9. The SMILES string of the molecule is COc1cccc(OC)c1-n1c(CS(=O)(=O)[C@@H](C)[C@H](O)c2ncc(C)cn2)nnc1[C@H]1CCCCO1. The monoisotopic (exact) mass is 517 g/mol. The van der Waals surface area contributed by atoms with E-state index in [1.807, 2.05) is 6.92 Å². The standard InChI is InChI=1S/C24H31N5O6S/c1-15-12-25-23(26-13-15)22(30)16(2)36(31,32)14-20-27-28-24(19-8-5-6-11-35-19)29(20)21-17(33-3)9-7-10-18(21)34-4/h7,9-10,12-13,16,19,22,30H,5-6,8,11,14H2,1-4H3/t16-,19+,22-/m0/s1. The number of rotatable bonds is 9. The van der Waals surface area contributed by atoms with E-state index in [-0.39, 0.29) is 17.8 Å². The Bertz CT molecular complexity index is 1270. The summed E-state index contributed by atoms with van der Waals surface area (Å²) in [4.78, 5) is 8.17. The maximum atomic E-state index is 13.5. The van der Waals surface area contributed by atoms with E-state index in [2.05, 4.69) is 20.2 Å². The van der Waals surface area contributed by atoms with Crippen LogP contribution < -0.4 is 9.47 Å². The Morgan fingerprint density at radius 3 is 2.39 bits per heavy atom. The van der Waals surface area contributed by atoms with Crippen LogP contribution >= 0.6 is 0 Å². The third-order valence-electron chi connectivity index (χ3n) is 6.26. The van der Waals surface area contributed by atoms with E-state index in [4.69, 9.17) is 14.2 Å². The van der Waals surface area contributed by atoms with Crippen molar-refractivity contribution in [3.05, 3.63) is 53.6 Å². The van der Waals surface area contributed by atoms with Gasteiger partial charge in [0.2, 0.25) is 0 Å². The minimum Gasteiger partial charge on any atom is -0.494 e. The van der Waals surface area contributed by atoms with Gasteiger partial charge in [-0.05, 0) is 50.8 Å². The molecule has 36 heavy (non-hydrogen) atoms. The first-order valence-corrected chi connectivity index (χ1v) is 13.4.